The molecule has 0 aliphatic rings. The Hall–Kier alpha value is -2.04. The smallest absolute Gasteiger partial charge is 0.146 e. The molecule has 102 valence electrons. The van der Waals surface area contributed by atoms with Gasteiger partial charge in [0.15, 0.2) is 0 Å². The summed E-state index contributed by atoms with van der Waals surface area (Å²) in [4.78, 5) is 6.61. The average Bonchev–Trinajstić information content (AvgIpc) is 2.85. The Bertz CT molecular complexity index is 515. The first-order valence-electron chi connectivity index (χ1n) is 6.60. The van der Waals surface area contributed by atoms with Gasteiger partial charge in [-0.1, -0.05) is 0 Å². The molecule has 2 N–H and O–H groups in total. The molecule has 2 rings (SSSR count). The molecule has 1 aromatic heterocycles. The van der Waals surface area contributed by atoms with Crippen molar-refractivity contribution >= 4 is 11.4 Å². The first-order valence-corrected chi connectivity index (χ1v) is 6.60. The predicted molar refractivity (Wildman–Crippen MR) is 78.0 cm³/mol. The number of rotatable bonds is 5. The molecule has 0 saturated heterocycles. The molecule has 0 bridgehead atoms. The van der Waals surface area contributed by atoms with Crippen LogP contribution in [0, 0.1) is 0 Å². The van der Waals surface area contributed by atoms with E-state index in [9.17, 15) is 0 Å². The van der Waals surface area contributed by atoms with E-state index >= 15 is 0 Å². The number of aromatic nitrogens is 3. The van der Waals surface area contributed by atoms with Crippen LogP contribution in [-0.4, -0.2) is 21.3 Å². The largest absolute Gasteiger partial charge is 0.399 e. The van der Waals surface area contributed by atoms with Crippen LogP contribution in [0.1, 0.15) is 32.6 Å². The van der Waals surface area contributed by atoms with Gasteiger partial charge in [-0.3, -0.25) is 0 Å². The average molecular weight is 259 g/mol. The van der Waals surface area contributed by atoms with Crippen LogP contribution in [0.15, 0.2) is 30.6 Å². The van der Waals surface area contributed by atoms with Crippen LogP contribution < -0.4 is 10.6 Å². The van der Waals surface area contributed by atoms with E-state index in [4.69, 9.17) is 5.73 Å². The topological polar surface area (TPSA) is 60.0 Å². The summed E-state index contributed by atoms with van der Waals surface area (Å²) >= 11 is 0. The van der Waals surface area contributed by atoms with E-state index in [1.54, 1.807) is 6.33 Å². The van der Waals surface area contributed by atoms with Gasteiger partial charge in [0, 0.05) is 24.0 Å². The van der Waals surface area contributed by atoms with E-state index in [0.29, 0.717) is 6.04 Å². The Morgan fingerprint density at radius 1 is 1.26 bits per heavy atom. The number of hydrogen-bond acceptors (Lipinski definition) is 4. The molecule has 5 heteroatoms. The Labute approximate surface area is 114 Å². The summed E-state index contributed by atoms with van der Waals surface area (Å²) in [5, 5.41) is 4.27. The van der Waals surface area contributed by atoms with E-state index in [-0.39, 0.29) is 0 Å². The second kappa shape index (κ2) is 5.73. The van der Waals surface area contributed by atoms with Gasteiger partial charge in [0.25, 0.3) is 0 Å². The van der Waals surface area contributed by atoms with Gasteiger partial charge in [0.05, 0.1) is 6.54 Å². The zero-order valence-electron chi connectivity index (χ0n) is 11.7. The molecule has 0 unspecified atom stereocenters. The third-order valence-corrected chi connectivity index (χ3v) is 3.11. The summed E-state index contributed by atoms with van der Waals surface area (Å²) in [6, 6.07) is 8.24. The summed E-state index contributed by atoms with van der Waals surface area (Å²) in [5.74, 6) is 0.980. The van der Waals surface area contributed by atoms with Crippen LogP contribution >= 0.6 is 0 Å². The van der Waals surface area contributed by atoms with E-state index < -0.39 is 0 Å². The molecule has 0 saturated carbocycles. The fraction of sp³-hybridized carbons (Fsp3) is 0.429. The van der Waals surface area contributed by atoms with Crippen LogP contribution in [0.25, 0.3) is 0 Å². The highest BCUT2D eigenvalue weighted by Gasteiger charge is 2.12. The van der Waals surface area contributed by atoms with Gasteiger partial charge < -0.3 is 10.6 Å². The lowest BCUT2D eigenvalue weighted by molar-refractivity contribution is 0.501. The van der Waals surface area contributed by atoms with Gasteiger partial charge in [0.2, 0.25) is 0 Å². The van der Waals surface area contributed by atoms with Crippen molar-refractivity contribution in [1.29, 1.82) is 0 Å². The van der Waals surface area contributed by atoms with Crippen molar-refractivity contribution in [2.45, 2.75) is 33.4 Å². The SMILES string of the molecule is CCN(Cc1ncnn1C(C)C)c1ccc(N)cc1. The van der Waals surface area contributed by atoms with Crippen molar-refractivity contribution in [3.63, 3.8) is 0 Å². The summed E-state index contributed by atoms with van der Waals surface area (Å²) in [6.07, 6.45) is 1.62. The number of hydrogen-bond donors (Lipinski definition) is 1. The maximum Gasteiger partial charge on any atom is 0.146 e. The van der Waals surface area contributed by atoms with Crippen molar-refractivity contribution in [2.75, 3.05) is 17.2 Å². The van der Waals surface area contributed by atoms with E-state index in [0.717, 1.165) is 30.3 Å². The van der Waals surface area contributed by atoms with Gasteiger partial charge in [-0.15, -0.1) is 0 Å². The molecule has 0 aliphatic heterocycles. The lowest BCUT2D eigenvalue weighted by Gasteiger charge is -2.23. The van der Waals surface area contributed by atoms with Crippen molar-refractivity contribution in [3.8, 4) is 0 Å². The monoisotopic (exact) mass is 259 g/mol. The molecule has 0 radical (unpaired) electrons. The lowest BCUT2D eigenvalue weighted by atomic mass is 10.2. The molecule has 0 fully saturated rings. The normalized spacial score (nSPS) is 10.9. The predicted octanol–water partition coefficient (Wildman–Crippen LogP) is 2.47. The third kappa shape index (κ3) is 3.05. The Kier molecular flexibility index (Phi) is 4.04. The van der Waals surface area contributed by atoms with Crippen LogP contribution in [0.3, 0.4) is 0 Å². The highest BCUT2D eigenvalue weighted by atomic mass is 15.4. The number of benzene rings is 1. The fourth-order valence-electron chi connectivity index (χ4n) is 2.06. The van der Waals surface area contributed by atoms with Crippen LogP contribution in [0.2, 0.25) is 0 Å². The number of nitrogens with two attached hydrogens (primary N) is 1. The Balaban J connectivity index is 2.19. The lowest BCUT2D eigenvalue weighted by Crippen LogP contribution is -2.25. The van der Waals surface area contributed by atoms with Crippen LogP contribution in [0.5, 0.6) is 0 Å². The minimum Gasteiger partial charge on any atom is -0.399 e. The van der Waals surface area contributed by atoms with E-state index in [1.807, 2.05) is 28.9 Å². The summed E-state index contributed by atoms with van der Waals surface area (Å²) in [5.41, 5.74) is 7.65. The summed E-state index contributed by atoms with van der Waals surface area (Å²) in [7, 11) is 0. The molecule has 0 amide bonds. The minimum atomic E-state index is 0.322. The summed E-state index contributed by atoms with van der Waals surface area (Å²) in [6.45, 7) is 8.01. The molecule has 5 nitrogen and oxygen atoms in total. The molecule has 0 spiro atoms. The first kappa shape index (κ1) is 13.4. The Morgan fingerprint density at radius 2 is 1.95 bits per heavy atom. The van der Waals surface area contributed by atoms with Gasteiger partial charge >= 0.3 is 0 Å². The van der Waals surface area contributed by atoms with Crippen molar-refractivity contribution in [3.05, 3.63) is 36.4 Å². The minimum absolute atomic E-state index is 0.322. The van der Waals surface area contributed by atoms with Crippen molar-refractivity contribution in [1.82, 2.24) is 14.8 Å². The Morgan fingerprint density at radius 3 is 2.53 bits per heavy atom. The molecule has 1 heterocycles. The maximum absolute atomic E-state index is 5.72. The highest BCUT2D eigenvalue weighted by molar-refractivity contribution is 5.53. The van der Waals surface area contributed by atoms with Gasteiger partial charge in [-0.05, 0) is 45.0 Å². The molecule has 2 aromatic rings. The molecule has 0 aliphatic carbocycles. The van der Waals surface area contributed by atoms with Crippen molar-refractivity contribution in [2.24, 2.45) is 0 Å². The fourth-order valence-corrected chi connectivity index (χ4v) is 2.06. The maximum atomic E-state index is 5.72. The molecular weight excluding hydrogens is 238 g/mol. The van der Waals surface area contributed by atoms with Crippen LogP contribution in [-0.2, 0) is 6.54 Å². The zero-order chi connectivity index (χ0) is 13.8. The second-order valence-electron chi connectivity index (χ2n) is 4.82. The second-order valence-corrected chi connectivity index (χ2v) is 4.82. The van der Waals surface area contributed by atoms with Gasteiger partial charge in [-0.25, -0.2) is 9.67 Å². The highest BCUT2D eigenvalue weighted by Crippen LogP contribution is 2.18. The standard InChI is InChI=1S/C14H21N5/c1-4-18(13-7-5-12(15)6-8-13)9-14-16-10-17-19(14)11(2)3/h5-8,10-11H,4,9,15H2,1-3H3. The molecule has 0 atom stereocenters. The number of nitrogens with zero attached hydrogens (tertiary/aromatic N) is 4. The van der Waals surface area contributed by atoms with Gasteiger partial charge in [0.1, 0.15) is 12.2 Å². The molecule has 1 aromatic carbocycles. The zero-order valence-corrected chi connectivity index (χ0v) is 11.7. The first-order chi connectivity index (χ1) is 9.11. The van der Waals surface area contributed by atoms with Gasteiger partial charge in [-0.2, -0.15) is 5.10 Å². The molecular formula is C14H21N5. The molecule has 19 heavy (non-hydrogen) atoms. The van der Waals surface area contributed by atoms with E-state index in [2.05, 4.69) is 35.8 Å². The quantitative estimate of drug-likeness (QED) is 0.838. The van der Waals surface area contributed by atoms with Crippen molar-refractivity contribution < 1.29 is 0 Å². The summed E-state index contributed by atoms with van der Waals surface area (Å²) < 4.78 is 1.96. The van der Waals surface area contributed by atoms with Crippen LogP contribution in [0.4, 0.5) is 11.4 Å². The number of anilines is 2. The number of nitrogen functional groups attached to an aromatic ring is 1. The third-order valence-electron chi connectivity index (χ3n) is 3.11. The van der Waals surface area contributed by atoms with E-state index in [1.165, 1.54) is 0 Å².